The van der Waals surface area contributed by atoms with E-state index in [1.165, 1.54) is 0 Å². The Morgan fingerprint density at radius 2 is 1.80 bits per heavy atom. The highest BCUT2D eigenvalue weighted by Gasteiger charge is 2.02. The molecule has 0 aliphatic rings. The van der Waals surface area contributed by atoms with Gasteiger partial charge in [0.25, 0.3) is 0 Å². The Balaban J connectivity index is 2.13. The van der Waals surface area contributed by atoms with Crippen molar-refractivity contribution in [2.24, 2.45) is 4.99 Å². The van der Waals surface area contributed by atoms with E-state index in [0.29, 0.717) is 0 Å². The van der Waals surface area contributed by atoms with Gasteiger partial charge in [0.2, 0.25) is 0 Å². The minimum atomic E-state index is -0.931. The summed E-state index contributed by atoms with van der Waals surface area (Å²) < 4.78 is 0. The van der Waals surface area contributed by atoms with Gasteiger partial charge in [-0.1, -0.05) is 18.2 Å². The Morgan fingerprint density at radius 1 is 1.15 bits per heavy atom. The number of hydrogen-bond donors (Lipinski definition) is 1. The van der Waals surface area contributed by atoms with Crippen molar-refractivity contribution >= 4 is 23.7 Å². The average Bonchev–Trinajstić information content (AvgIpc) is 2.49. The lowest BCUT2D eigenvalue weighted by Crippen LogP contribution is -2.19. The molecule has 4 heteroatoms. The highest BCUT2D eigenvalue weighted by atomic mass is 16.4. The fraction of sp³-hybridized carbons (Fsp3) is 0.125. The van der Waals surface area contributed by atoms with Gasteiger partial charge in [-0.05, 0) is 43.3 Å². The van der Waals surface area contributed by atoms with E-state index in [2.05, 4.69) is 4.99 Å². The summed E-state index contributed by atoms with van der Waals surface area (Å²) in [5.74, 6) is -0.931. The molecule has 0 aromatic heterocycles. The van der Waals surface area contributed by atoms with Gasteiger partial charge in [0.15, 0.2) is 0 Å². The van der Waals surface area contributed by atoms with E-state index in [1.54, 1.807) is 30.6 Å². The van der Waals surface area contributed by atoms with E-state index in [9.17, 15) is 4.79 Å². The second kappa shape index (κ2) is 6.52. The third-order valence-corrected chi connectivity index (χ3v) is 2.89. The maximum Gasteiger partial charge on any atom is 0.335 e. The van der Waals surface area contributed by atoms with Gasteiger partial charge in [-0.25, -0.2) is 9.79 Å². The molecular formula is C16H16N2O2. The van der Waals surface area contributed by atoms with E-state index >= 15 is 0 Å². The van der Waals surface area contributed by atoms with E-state index < -0.39 is 5.97 Å². The van der Waals surface area contributed by atoms with Crippen LogP contribution in [0.4, 0.5) is 11.4 Å². The number of aliphatic imine (C=N–C) groups is 1. The van der Waals surface area contributed by atoms with Gasteiger partial charge in [-0.2, -0.15) is 0 Å². The zero-order valence-electron chi connectivity index (χ0n) is 11.2. The normalized spacial score (nSPS) is 10.7. The predicted octanol–water partition coefficient (Wildman–Crippen LogP) is 3.57. The van der Waals surface area contributed by atoms with Gasteiger partial charge in [0.05, 0.1) is 17.6 Å². The molecule has 4 nitrogen and oxygen atoms in total. The van der Waals surface area contributed by atoms with Gasteiger partial charge in [0, 0.05) is 12.2 Å². The summed E-state index contributed by atoms with van der Waals surface area (Å²) in [6, 6.07) is 16.4. The summed E-state index contributed by atoms with van der Waals surface area (Å²) in [7, 11) is 0. The number of hydrogen-bond acceptors (Lipinski definition) is 2. The molecule has 2 rings (SSSR count). The van der Waals surface area contributed by atoms with Crippen LogP contribution in [-0.2, 0) is 0 Å². The first-order valence-electron chi connectivity index (χ1n) is 6.40. The predicted molar refractivity (Wildman–Crippen MR) is 81.0 cm³/mol. The van der Waals surface area contributed by atoms with Crippen molar-refractivity contribution < 1.29 is 9.90 Å². The minimum absolute atomic E-state index is 0.263. The number of para-hydroxylation sites is 1. The van der Waals surface area contributed by atoms with Gasteiger partial charge < -0.3 is 10.0 Å². The van der Waals surface area contributed by atoms with Crippen molar-refractivity contribution in [3.05, 3.63) is 60.2 Å². The van der Waals surface area contributed by atoms with E-state index in [-0.39, 0.29) is 5.56 Å². The van der Waals surface area contributed by atoms with Crippen LogP contribution in [0.25, 0.3) is 0 Å². The van der Waals surface area contributed by atoms with Gasteiger partial charge >= 0.3 is 5.97 Å². The molecule has 0 spiro atoms. The molecule has 2 aromatic carbocycles. The topological polar surface area (TPSA) is 52.9 Å². The zero-order valence-corrected chi connectivity index (χ0v) is 11.2. The van der Waals surface area contributed by atoms with Crippen molar-refractivity contribution in [3.63, 3.8) is 0 Å². The summed E-state index contributed by atoms with van der Waals surface area (Å²) in [5.41, 5.74) is 2.06. The molecule has 0 saturated carbocycles. The molecule has 0 aliphatic carbocycles. The van der Waals surface area contributed by atoms with Crippen LogP contribution in [0.2, 0.25) is 0 Å². The van der Waals surface area contributed by atoms with Crippen molar-refractivity contribution in [1.82, 2.24) is 0 Å². The molecule has 0 bridgehead atoms. The molecule has 0 saturated heterocycles. The Kier molecular flexibility index (Phi) is 4.50. The van der Waals surface area contributed by atoms with Crippen molar-refractivity contribution in [3.8, 4) is 0 Å². The number of benzene rings is 2. The number of carbonyl (C=O) groups is 1. The maximum atomic E-state index is 10.8. The first-order valence-corrected chi connectivity index (χ1v) is 6.40. The van der Waals surface area contributed by atoms with Gasteiger partial charge in [-0.15, -0.1) is 0 Å². The first-order chi connectivity index (χ1) is 9.70. The van der Waals surface area contributed by atoms with Crippen molar-refractivity contribution in [2.45, 2.75) is 6.92 Å². The van der Waals surface area contributed by atoms with Crippen LogP contribution in [0.5, 0.6) is 0 Å². The fourth-order valence-electron chi connectivity index (χ4n) is 1.78. The van der Waals surface area contributed by atoms with Crippen molar-refractivity contribution in [2.75, 3.05) is 11.4 Å². The summed E-state index contributed by atoms with van der Waals surface area (Å²) in [6.45, 7) is 2.85. The third-order valence-electron chi connectivity index (χ3n) is 2.89. The number of aromatic carboxylic acids is 1. The molecule has 0 radical (unpaired) electrons. The highest BCUT2D eigenvalue weighted by molar-refractivity contribution is 5.88. The second-order valence-electron chi connectivity index (χ2n) is 4.22. The molecule has 0 unspecified atom stereocenters. The van der Waals surface area contributed by atoms with Crippen LogP contribution >= 0.6 is 0 Å². The first kappa shape index (κ1) is 13.8. The lowest BCUT2D eigenvalue weighted by molar-refractivity contribution is 0.0697. The largest absolute Gasteiger partial charge is 0.478 e. The summed E-state index contributed by atoms with van der Waals surface area (Å²) in [5, 5.41) is 8.83. The standard InChI is InChI=1S/C16H16N2O2/c1-2-18(15-6-4-3-5-7-15)12-17-14-10-8-13(9-11-14)16(19)20/h3-12H,2H2,1H3,(H,19,20)/b17-12+. The Labute approximate surface area is 118 Å². The molecule has 0 amide bonds. The Bertz CT molecular complexity index is 592. The SMILES string of the molecule is CCN(/C=N/c1ccc(C(=O)O)cc1)c1ccccc1. The second-order valence-corrected chi connectivity index (χ2v) is 4.22. The monoisotopic (exact) mass is 268 g/mol. The van der Waals surface area contributed by atoms with Crippen LogP contribution in [0.1, 0.15) is 17.3 Å². The molecule has 20 heavy (non-hydrogen) atoms. The smallest absolute Gasteiger partial charge is 0.335 e. The van der Waals surface area contributed by atoms with Crippen LogP contribution in [0, 0.1) is 0 Å². The number of rotatable bonds is 5. The Morgan fingerprint density at radius 3 is 2.35 bits per heavy atom. The summed E-state index contributed by atoms with van der Waals surface area (Å²) in [4.78, 5) is 17.1. The lowest BCUT2D eigenvalue weighted by Gasteiger charge is -2.16. The van der Waals surface area contributed by atoms with Gasteiger partial charge in [0.1, 0.15) is 0 Å². The molecule has 0 aliphatic heterocycles. The van der Waals surface area contributed by atoms with Crippen molar-refractivity contribution in [1.29, 1.82) is 0 Å². The van der Waals surface area contributed by atoms with Crippen LogP contribution in [-0.4, -0.2) is 24.0 Å². The minimum Gasteiger partial charge on any atom is -0.478 e. The lowest BCUT2D eigenvalue weighted by atomic mass is 10.2. The molecule has 102 valence electrons. The third kappa shape index (κ3) is 3.45. The van der Waals surface area contributed by atoms with Crippen LogP contribution in [0.3, 0.4) is 0 Å². The fourth-order valence-corrected chi connectivity index (χ4v) is 1.78. The van der Waals surface area contributed by atoms with E-state index in [4.69, 9.17) is 5.11 Å². The number of carboxylic acids is 1. The molecule has 0 heterocycles. The average molecular weight is 268 g/mol. The quantitative estimate of drug-likeness (QED) is 0.666. The van der Waals surface area contributed by atoms with Crippen LogP contribution in [0.15, 0.2) is 59.6 Å². The van der Waals surface area contributed by atoms with E-state index in [0.717, 1.165) is 17.9 Å². The summed E-state index contributed by atoms with van der Waals surface area (Å²) >= 11 is 0. The highest BCUT2D eigenvalue weighted by Crippen LogP contribution is 2.15. The van der Waals surface area contributed by atoms with Gasteiger partial charge in [-0.3, -0.25) is 0 Å². The molecule has 1 N–H and O–H groups in total. The zero-order chi connectivity index (χ0) is 14.4. The molecule has 0 atom stereocenters. The molecule has 0 fully saturated rings. The van der Waals surface area contributed by atoms with Crippen LogP contribution < -0.4 is 4.90 Å². The number of nitrogens with zero attached hydrogens (tertiary/aromatic N) is 2. The number of anilines is 1. The van der Waals surface area contributed by atoms with E-state index in [1.807, 2.05) is 42.2 Å². The molecule has 2 aromatic rings. The Hall–Kier alpha value is -2.62. The molecular weight excluding hydrogens is 252 g/mol. The summed E-state index contributed by atoms with van der Waals surface area (Å²) in [6.07, 6.45) is 1.76. The maximum absolute atomic E-state index is 10.8. The number of carboxylic acid groups (broad SMARTS) is 1.